The fourth-order valence-electron chi connectivity index (χ4n) is 1.33. The second kappa shape index (κ2) is 6.06. The van der Waals surface area contributed by atoms with E-state index in [-0.39, 0.29) is 16.3 Å². The molecular formula is C13H18O2S. The molecule has 0 spiro atoms. The summed E-state index contributed by atoms with van der Waals surface area (Å²) >= 11 is 1.51. The number of thioether (sulfide) groups is 1. The fourth-order valence-corrected chi connectivity index (χ4v) is 2.47. The normalized spacial score (nSPS) is 16.5. The third-order valence-corrected chi connectivity index (χ3v) is 3.97. The molecule has 88 valence electrons. The van der Waals surface area contributed by atoms with Crippen LogP contribution in [0.15, 0.2) is 30.3 Å². The number of carbonyl (C=O) groups is 1. The first kappa shape index (κ1) is 13.3. The number of ketones is 1. The highest BCUT2D eigenvalue weighted by Gasteiger charge is 2.20. The Bertz CT molecular complexity index is 335. The van der Waals surface area contributed by atoms with E-state index in [2.05, 4.69) is 0 Å². The molecule has 0 aliphatic carbocycles. The lowest BCUT2D eigenvalue weighted by atomic mass is 10.1. The van der Waals surface area contributed by atoms with Crippen LogP contribution >= 0.6 is 11.8 Å². The molecular weight excluding hydrogens is 220 g/mol. The van der Waals surface area contributed by atoms with Gasteiger partial charge in [-0.05, 0) is 13.8 Å². The molecule has 0 fully saturated rings. The van der Waals surface area contributed by atoms with Gasteiger partial charge in [-0.2, -0.15) is 0 Å². The second-order valence-electron chi connectivity index (χ2n) is 3.95. The van der Waals surface area contributed by atoms with Crippen molar-refractivity contribution in [3.63, 3.8) is 0 Å². The van der Waals surface area contributed by atoms with Gasteiger partial charge in [-0.15, -0.1) is 11.8 Å². The average Bonchev–Trinajstić information content (AvgIpc) is 2.28. The fraction of sp³-hybridized carbons (Fsp3) is 0.462. The lowest BCUT2D eigenvalue weighted by molar-refractivity contribution is 0.0993. The maximum atomic E-state index is 12.0. The van der Waals surface area contributed by atoms with Crippen LogP contribution in [0.1, 0.15) is 31.1 Å². The molecule has 0 saturated heterocycles. The van der Waals surface area contributed by atoms with Gasteiger partial charge in [-0.3, -0.25) is 4.79 Å². The topological polar surface area (TPSA) is 37.3 Å². The van der Waals surface area contributed by atoms with Gasteiger partial charge in [0.15, 0.2) is 5.78 Å². The maximum absolute atomic E-state index is 12.0. The summed E-state index contributed by atoms with van der Waals surface area (Å²) < 4.78 is 0. The Labute approximate surface area is 101 Å². The quantitative estimate of drug-likeness (QED) is 0.801. The van der Waals surface area contributed by atoms with E-state index in [4.69, 9.17) is 0 Å². The summed E-state index contributed by atoms with van der Waals surface area (Å²) in [5.41, 5.74) is 0.736. The van der Waals surface area contributed by atoms with Gasteiger partial charge in [0.1, 0.15) is 0 Å². The molecule has 2 nitrogen and oxygen atoms in total. The molecule has 0 radical (unpaired) electrons. The minimum absolute atomic E-state index is 0.0719. The molecule has 0 aromatic heterocycles. The number of hydrogen-bond acceptors (Lipinski definition) is 3. The number of aliphatic hydroxyl groups excluding tert-OH is 1. The standard InChI is InChI=1S/C13H18O2S/c1-9(14)10(2)16-11(3)13(15)12-7-5-4-6-8-12/h4-11,14H,1-3H3. The molecule has 1 aromatic carbocycles. The summed E-state index contributed by atoms with van der Waals surface area (Å²) in [5.74, 6) is 0.123. The van der Waals surface area contributed by atoms with E-state index >= 15 is 0 Å². The highest BCUT2D eigenvalue weighted by atomic mass is 32.2. The molecule has 0 aliphatic rings. The molecule has 1 N–H and O–H groups in total. The predicted molar refractivity (Wildman–Crippen MR) is 69.0 cm³/mol. The summed E-state index contributed by atoms with van der Waals surface area (Å²) in [4.78, 5) is 12.0. The van der Waals surface area contributed by atoms with Crippen molar-refractivity contribution < 1.29 is 9.90 Å². The van der Waals surface area contributed by atoms with Gasteiger partial charge in [0, 0.05) is 10.8 Å². The van der Waals surface area contributed by atoms with Gasteiger partial charge in [-0.1, -0.05) is 37.3 Å². The molecule has 0 aliphatic heterocycles. The van der Waals surface area contributed by atoms with Gasteiger partial charge >= 0.3 is 0 Å². The van der Waals surface area contributed by atoms with E-state index in [9.17, 15) is 9.90 Å². The van der Waals surface area contributed by atoms with E-state index in [1.54, 1.807) is 6.92 Å². The van der Waals surface area contributed by atoms with Crippen LogP contribution in [0.3, 0.4) is 0 Å². The molecule has 0 saturated carbocycles. The van der Waals surface area contributed by atoms with E-state index in [1.807, 2.05) is 44.2 Å². The second-order valence-corrected chi connectivity index (χ2v) is 5.68. The average molecular weight is 238 g/mol. The SMILES string of the molecule is CC(SC(C)C(C)O)C(=O)c1ccccc1. The van der Waals surface area contributed by atoms with Crippen molar-refractivity contribution in [1.29, 1.82) is 0 Å². The van der Waals surface area contributed by atoms with Crippen LogP contribution < -0.4 is 0 Å². The lowest BCUT2D eigenvalue weighted by Gasteiger charge is -2.18. The number of carbonyl (C=O) groups excluding carboxylic acids is 1. The molecule has 1 rings (SSSR count). The lowest BCUT2D eigenvalue weighted by Crippen LogP contribution is -2.22. The Hall–Kier alpha value is -0.800. The van der Waals surface area contributed by atoms with Crippen molar-refractivity contribution in [3.05, 3.63) is 35.9 Å². The first-order chi connectivity index (χ1) is 7.52. The van der Waals surface area contributed by atoms with Crippen LogP contribution in [-0.2, 0) is 0 Å². The van der Waals surface area contributed by atoms with Crippen molar-refractivity contribution in [3.8, 4) is 0 Å². The third-order valence-electron chi connectivity index (χ3n) is 2.53. The summed E-state index contributed by atoms with van der Waals surface area (Å²) in [6.45, 7) is 5.57. The summed E-state index contributed by atoms with van der Waals surface area (Å²) in [6.07, 6.45) is -0.393. The van der Waals surface area contributed by atoms with Crippen molar-refractivity contribution in [2.24, 2.45) is 0 Å². The van der Waals surface area contributed by atoms with Gasteiger partial charge in [0.25, 0.3) is 0 Å². The molecule has 3 heteroatoms. The van der Waals surface area contributed by atoms with Crippen molar-refractivity contribution >= 4 is 17.5 Å². The molecule has 0 amide bonds. The van der Waals surface area contributed by atoms with Crippen molar-refractivity contribution in [2.75, 3.05) is 0 Å². The van der Waals surface area contributed by atoms with Gasteiger partial charge in [0.2, 0.25) is 0 Å². The zero-order valence-corrected chi connectivity index (χ0v) is 10.7. The van der Waals surface area contributed by atoms with Gasteiger partial charge < -0.3 is 5.11 Å². The van der Waals surface area contributed by atoms with E-state index < -0.39 is 6.10 Å². The summed E-state index contributed by atoms with van der Waals surface area (Å²) in [7, 11) is 0. The highest BCUT2D eigenvalue weighted by molar-refractivity contribution is 8.01. The highest BCUT2D eigenvalue weighted by Crippen LogP contribution is 2.23. The Balaban J connectivity index is 2.62. The van der Waals surface area contributed by atoms with Crippen molar-refractivity contribution in [1.82, 2.24) is 0 Å². The first-order valence-electron chi connectivity index (χ1n) is 5.45. The molecule has 3 unspecified atom stereocenters. The molecule has 16 heavy (non-hydrogen) atoms. The zero-order valence-electron chi connectivity index (χ0n) is 9.88. The van der Waals surface area contributed by atoms with Crippen LogP contribution in [0.4, 0.5) is 0 Å². The van der Waals surface area contributed by atoms with E-state index in [0.717, 1.165) is 5.56 Å². The van der Waals surface area contributed by atoms with E-state index in [1.165, 1.54) is 11.8 Å². The number of Topliss-reactive ketones (excluding diaryl/α,β-unsaturated/α-hetero) is 1. The van der Waals surface area contributed by atoms with Crippen LogP contribution in [-0.4, -0.2) is 27.5 Å². The first-order valence-corrected chi connectivity index (χ1v) is 6.39. The number of benzene rings is 1. The molecule has 3 atom stereocenters. The Morgan fingerprint density at radius 2 is 1.75 bits per heavy atom. The van der Waals surface area contributed by atoms with E-state index in [0.29, 0.717) is 0 Å². The Morgan fingerprint density at radius 1 is 1.19 bits per heavy atom. The van der Waals surface area contributed by atoms with Crippen LogP contribution in [0.5, 0.6) is 0 Å². The van der Waals surface area contributed by atoms with Gasteiger partial charge in [-0.25, -0.2) is 0 Å². The molecule has 0 heterocycles. The minimum atomic E-state index is -0.393. The largest absolute Gasteiger partial charge is 0.392 e. The molecule has 0 bridgehead atoms. The number of rotatable bonds is 5. The Morgan fingerprint density at radius 3 is 2.25 bits per heavy atom. The predicted octanol–water partition coefficient (Wildman–Crippen LogP) is 2.76. The number of hydrogen-bond donors (Lipinski definition) is 1. The zero-order chi connectivity index (χ0) is 12.1. The van der Waals surface area contributed by atoms with Crippen molar-refractivity contribution in [2.45, 2.75) is 37.4 Å². The summed E-state index contributed by atoms with van der Waals surface area (Å²) in [5, 5.41) is 9.34. The van der Waals surface area contributed by atoms with Crippen LogP contribution in [0.2, 0.25) is 0 Å². The number of aliphatic hydroxyl groups is 1. The smallest absolute Gasteiger partial charge is 0.175 e. The van der Waals surface area contributed by atoms with Crippen LogP contribution in [0.25, 0.3) is 0 Å². The third kappa shape index (κ3) is 3.65. The Kier molecular flexibility index (Phi) is 5.03. The molecule has 1 aromatic rings. The maximum Gasteiger partial charge on any atom is 0.175 e. The van der Waals surface area contributed by atoms with Gasteiger partial charge in [0.05, 0.1) is 11.4 Å². The van der Waals surface area contributed by atoms with Crippen LogP contribution in [0, 0.1) is 0 Å². The minimum Gasteiger partial charge on any atom is -0.392 e. The monoisotopic (exact) mass is 238 g/mol. The summed E-state index contributed by atoms with van der Waals surface area (Å²) in [6, 6.07) is 9.28.